The summed E-state index contributed by atoms with van der Waals surface area (Å²) >= 11 is 0. The van der Waals surface area contributed by atoms with E-state index < -0.39 is 54.3 Å². The van der Waals surface area contributed by atoms with Crippen LogP contribution in [-0.2, 0) is 25.6 Å². The number of hydrogen-bond acceptors (Lipinski definition) is 5. The van der Waals surface area contributed by atoms with Crippen LogP contribution >= 0.6 is 0 Å². The molecule has 11 heteroatoms. The van der Waals surface area contributed by atoms with Gasteiger partial charge < -0.3 is 31.4 Å². The number of amides is 4. The molecule has 4 unspecified atom stereocenters. The van der Waals surface area contributed by atoms with E-state index >= 15 is 0 Å². The van der Waals surface area contributed by atoms with Gasteiger partial charge in [-0.15, -0.1) is 0 Å². The van der Waals surface area contributed by atoms with E-state index in [0.29, 0.717) is 5.56 Å². The van der Waals surface area contributed by atoms with Gasteiger partial charge in [0.1, 0.15) is 18.1 Å². The Kier molecular flexibility index (Phi) is 5.90. The smallest absolute Gasteiger partial charge is 0.326 e. The molecule has 4 amide bonds. The molecule has 4 atom stereocenters. The number of H-pyrrole nitrogens is 1. The number of aliphatic carboxylic acids is 1. The summed E-state index contributed by atoms with van der Waals surface area (Å²) in [6.07, 6.45) is -0.356. The number of hydrogen-bond donors (Lipinski definition) is 5. The number of aromatic nitrogens is 1. The van der Waals surface area contributed by atoms with E-state index in [1.807, 2.05) is 36.4 Å². The summed E-state index contributed by atoms with van der Waals surface area (Å²) in [4.78, 5) is 67.1. The van der Waals surface area contributed by atoms with E-state index in [2.05, 4.69) is 15.6 Å². The van der Waals surface area contributed by atoms with Crippen LogP contribution in [0.5, 0.6) is 0 Å². The number of rotatable bonds is 7. The van der Waals surface area contributed by atoms with E-state index in [0.717, 1.165) is 27.7 Å². The first-order valence-corrected chi connectivity index (χ1v) is 11.8. The third kappa shape index (κ3) is 4.07. The molecule has 0 spiro atoms. The lowest BCUT2D eigenvalue weighted by molar-refractivity contribution is -0.143. The Morgan fingerprint density at radius 3 is 2.54 bits per heavy atom. The number of carbonyl (C=O) groups excluding carboxylic acids is 4. The van der Waals surface area contributed by atoms with Crippen molar-refractivity contribution in [2.24, 2.45) is 5.73 Å². The van der Waals surface area contributed by atoms with Crippen LogP contribution in [0.25, 0.3) is 10.9 Å². The summed E-state index contributed by atoms with van der Waals surface area (Å²) in [6.45, 7) is 1.40. The zero-order chi connectivity index (χ0) is 26.4. The molecule has 190 valence electrons. The van der Waals surface area contributed by atoms with Crippen LogP contribution in [0.15, 0.2) is 48.5 Å². The number of para-hydroxylation sites is 1. The fourth-order valence-corrected chi connectivity index (χ4v) is 5.21. The minimum absolute atomic E-state index is 0.231. The lowest BCUT2D eigenvalue weighted by Crippen LogP contribution is -2.57. The van der Waals surface area contributed by atoms with Gasteiger partial charge in [-0.1, -0.05) is 36.4 Å². The quantitative estimate of drug-likeness (QED) is 0.315. The fourth-order valence-electron chi connectivity index (χ4n) is 5.21. The summed E-state index contributed by atoms with van der Waals surface area (Å²) in [7, 11) is 0. The molecule has 5 rings (SSSR count). The standard InChI is InChI=1S/C26H25N5O6/c1-12(23(33)30-18(26(36)37)11-20(27)32)28-24(34)19-10-16-13-6-4-5-9-17(13)29-21(16)22-14-7-2-3-8-15(14)25(35)31(19)22/h2-9,12,18-19,22,29H,10-11H2,1H3,(H2,27,32)(H,28,34)(H,30,33)(H,36,37). The molecule has 3 heterocycles. The van der Waals surface area contributed by atoms with Crippen LogP contribution in [-0.4, -0.2) is 62.7 Å². The highest BCUT2D eigenvalue weighted by Gasteiger charge is 2.49. The molecule has 2 aliphatic rings. The van der Waals surface area contributed by atoms with Gasteiger partial charge in [-0.2, -0.15) is 0 Å². The van der Waals surface area contributed by atoms with Crippen molar-refractivity contribution in [3.8, 4) is 0 Å². The fraction of sp³-hybridized carbons (Fsp3) is 0.269. The minimum atomic E-state index is -1.52. The molecule has 0 radical (unpaired) electrons. The number of aromatic amines is 1. The molecule has 0 fully saturated rings. The van der Waals surface area contributed by atoms with Crippen LogP contribution in [0.3, 0.4) is 0 Å². The van der Waals surface area contributed by atoms with E-state index in [9.17, 15) is 29.1 Å². The number of fused-ring (bicyclic) bond motifs is 7. The zero-order valence-corrected chi connectivity index (χ0v) is 19.9. The van der Waals surface area contributed by atoms with Crippen LogP contribution < -0.4 is 16.4 Å². The van der Waals surface area contributed by atoms with E-state index in [1.54, 1.807) is 12.1 Å². The molecule has 0 bridgehead atoms. The second kappa shape index (κ2) is 9.08. The molecule has 6 N–H and O–H groups in total. The molecule has 1 aromatic heterocycles. The molecule has 3 aromatic rings. The largest absolute Gasteiger partial charge is 0.480 e. The topological polar surface area (TPSA) is 175 Å². The third-order valence-electron chi connectivity index (χ3n) is 6.93. The Labute approximate surface area is 211 Å². The molecule has 0 saturated carbocycles. The number of nitrogens with zero attached hydrogens (tertiary/aromatic N) is 1. The van der Waals surface area contributed by atoms with E-state index in [4.69, 9.17) is 5.73 Å². The number of benzene rings is 2. The number of carboxylic acid groups (broad SMARTS) is 1. The van der Waals surface area contributed by atoms with Crippen LogP contribution in [0.4, 0.5) is 0 Å². The average Bonchev–Trinajstić information content (AvgIpc) is 3.38. The van der Waals surface area contributed by atoms with Gasteiger partial charge in [0.25, 0.3) is 5.91 Å². The Morgan fingerprint density at radius 2 is 1.81 bits per heavy atom. The lowest BCUT2D eigenvalue weighted by Gasteiger charge is -2.37. The van der Waals surface area contributed by atoms with Gasteiger partial charge in [-0.05, 0) is 30.2 Å². The summed E-state index contributed by atoms with van der Waals surface area (Å²) < 4.78 is 0. The normalized spacial score (nSPS) is 19.4. The Balaban J connectivity index is 1.44. The highest BCUT2D eigenvalue weighted by atomic mass is 16.4. The Morgan fingerprint density at radius 1 is 1.11 bits per heavy atom. The summed E-state index contributed by atoms with van der Waals surface area (Å²) in [5, 5.41) is 15.0. The second-order valence-corrected chi connectivity index (χ2v) is 9.29. The molecule has 0 saturated heterocycles. The molecular weight excluding hydrogens is 478 g/mol. The van der Waals surface area contributed by atoms with Crippen molar-refractivity contribution in [3.63, 3.8) is 0 Å². The van der Waals surface area contributed by atoms with Crippen molar-refractivity contribution >= 4 is 40.5 Å². The van der Waals surface area contributed by atoms with Crippen molar-refractivity contribution in [2.45, 2.75) is 43.9 Å². The SMILES string of the molecule is CC(NC(=O)C1Cc2c([nH]c3ccccc23)C2c3ccccc3C(=O)N12)C(=O)NC(CC(N)=O)C(=O)O. The highest BCUT2D eigenvalue weighted by molar-refractivity contribution is 6.04. The molecule has 2 aliphatic heterocycles. The maximum absolute atomic E-state index is 13.5. The Hall–Kier alpha value is -4.67. The van der Waals surface area contributed by atoms with Crippen molar-refractivity contribution in [1.82, 2.24) is 20.5 Å². The first kappa shape index (κ1) is 24.0. The van der Waals surface area contributed by atoms with E-state index in [-0.39, 0.29) is 12.3 Å². The molecule has 0 aliphatic carbocycles. The van der Waals surface area contributed by atoms with Gasteiger partial charge in [0, 0.05) is 28.6 Å². The van der Waals surface area contributed by atoms with Gasteiger partial charge in [0.05, 0.1) is 12.5 Å². The van der Waals surface area contributed by atoms with Crippen LogP contribution in [0.1, 0.15) is 46.6 Å². The van der Waals surface area contributed by atoms with Crippen LogP contribution in [0.2, 0.25) is 0 Å². The number of carboxylic acids is 1. The molecule has 37 heavy (non-hydrogen) atoms. The summed E-state index contributed by atoms with van der Waals surface area (Å²) in [6, 6.07) is 10.9. The first-order chi connectivity index (χ1) is 17.7. The highest BCUT2D eigenvalue weighted by Crippen LogP contribution is 2.46. The van der Waals surface area contributed by atoms with Crippen molar-refractivity contribution in [1.29, 1.82) is 0 Å². The number of primary amides is 1. The predicted molar refractivity (Wildman–Crippen MR) is 131 cm³/mol. The van der Waals surface area contributed by atoms with Gasteiger partial charge in [-0.25, -0.2) is 4.79 Å². The van der Waals surface area contributed by atoms with Gasteiger partial charge in [-0.3, -0.25) is 19.2 Å². The number of nitrogens with two attached hydrogens (primary N) is 1. The van der Waals surface area contributed by atoms with Crippen molar-refractivity contribution in [3.05, 3.63) is 70.9 Å². The summed E-state index contributed by atoms with van der Waals surface area (Å²) in [5.41, 5.74) is 9.04. The van der Waals surface area contributed by atoms with Crippen molar-refractivity contribution < 1.29 is 29.1 Å². The second-order valence-electron chi connectivity index (χ2n) is 9.29. The number of carbonyl (C=O) groups is 5. The van der Waals surface area contributed by atoms with E-state index in [1.165, 1.54) is 11.8 Å². The first-order valence-electron chi connectivity index (χ1n) is 11.8. The number of nitrogens with one attached hydrogen (secondary N) is 3. The van der Waals surface area contributed by atoms with Gasteiger partial charge >= 0.3 is 5.97 Å². The van der Waals surface area contributed by atoms with Crippen molar-refractivity contribution in [2.75, 3.05) is 0 Å². The third-order valence-corrected chi connectivity index (χ3v) is 6.93. The van der Waals surface area contributed by atoms with Gasteiger partial charge in [0.2, 0.25) is 17.7 Å². The lowest BCUT2D eigenvalue weighted by atomic mass is 9.90. The zero-order valence-electron chi connectivity index (χ0n) is 19.9. The summed E-state index contributed by atoms with van der Waals surface area (Å²) in [5.74, 6) is -3.94. The molecular formula is C26H25N5O6. The molecule has 11 nitrogen and oxygen atoms in total. The maximum Gasteiger partial charge on any atom is 0.326 e. The maximum atomic E-state index is 13.5. The predicted octanol–water partition coefficient (Wildman–Crippen LogP) is 0.587. The molecule has 2 aromatic carbocycles. The van der Waals surface area contributed by atoms with Gasteiger partial charge in [0.15, 0.2) is 0 Å². The minimum Gasteiger partial charge on any atom is -0.480 e. The monoisotopic (exact) mass is 503 g/mol. The van der Waals surface area contributed by atoms with Crippen LogP contribution in [0, 0.1) is 0 Å². The average molecular weight is 504 g/mol. The Bertz CT molecular complexity index is 1460.